The lowest BCUT2D eigenvalue weighted by atomic mass is 9.96. The van der Waals surface area contributed by atoms with Crippen molar-refractivity contribution in [3.63, 3.8) is 0 Å². The Morgan fingerprint density at radius 3 is 2.50 bits per heavy atom. The summed E-state index contributed by atoms with van der Waals surface area (Å²) in [6.45, 7) is 1.98. The van der Waals surface area contributed by atoms with Gasteiger partial charge in [-0.25, -0.2) is 0 Å². The number of benzene rings is 1. The van der Waals surface area contributed by atoms with Gasteiger partial charge in [-0.1, -0.05) is 41.9 Å². The molecule has 1 heterocycles. The zero-order valence-electron chi connectivity index (χ0n) is 10.2. The molecule has 1 fully saturated rings. The average molecular weight is 278 g/mol. The van der Waals surface area contributed by atoms with Gasteiger partial charge in [-0.3, -0.25) is 0 Å². The van der Waals surface area contributed by atoms with E-state index in [1.807, 2.05) is 6.07 Å². The van der Waals surface area contributed by atoms with E-state index >= 15 is 0 Å². The van der Waals surface area contributed by atoms with E-state index in [0.29, 0.717) is 5.41 Å². The van der Waals surface area contributed by atoms with Crippen LogP contribution >= 0.6 is 22.9 Å². The summed E-state index contributed by atoms with van der Waals surface area (Å²) >= 11 is 7.59. The normalized spacial score (nSPS) is 16.7. The van der Waals surface area contributed by atoms with Crippen LogP contribution in [0.2, 0.25) is 4.34 Å². The summed E-state index contributed by atoms with van der Waals surface area (Å²) in [5, 5.41) is 3.57. The van der Waals surface area contributed by atoms with E-state index in [2.05, 4.69) is 41.7 Å². The first-order chi connectivity index (χ1) is 8.78. The average Bonchev–Trinajstić information content (AvgIpc) is 3.08. The van der Waals surface area contributed by atoms with E-state index in [4.69, 9.17) is 11.6 Å². The van der Waals surface area contributed by atoms with Crippen molar-refractivity contribution in [1.29, 1.82) is 0 Å². The molecule has 1 aromatic carbocycles. The molecule has 0 radical (unpaired) electrons. The van der Waals surface area contributed by atoms with Crippen LogP contribution in [-0.2, 0) is 12.0 Å². The molecule has 1 aliphatic carbocycles. The molecule has 2 aromatic rings. The summed E-state index contributed by atoms with van der Waals surface area (Å²) in [7, 11) is 0. The van der Waals surface area contributed by atoms with E-state index in [1.54, 1.807) is 11.3 Å². The van der Waals surface area contributed by atoms with Crippen molar-refractivity contribution in [3.8, 4) is 0 Å². The van der Waals surface area contributed by atoms with E-state index in [0.717, 1.165) is 17.4 Å². The summed E-state index contributed by atoms with van der Waals surface area (Å²) in [4.78, 5) is 1.31. The summed E-state index contributed by atoms with van der Waals surface area (Å²) in [5.74, 6) is 0. The third kappa shape index (κ3) is 2.61. The fraction of sp³-hybridized carbons (Fsp3) is 0.333. The van der Waals surface area contributed by atoms with Gasteiger partial charge in [0.2, 0.25) is 0 Å². The minimum Gasteiger partial charge on any atom is -0.311 e. The maximum atomic E-state index is 5.93. The maximum absolute atomic E-state index is 5.93. The molecule has 1 aliphatic rings. The second kappa shape index (κ2) is 5.04. The molecule has 94 valence electrons. The Hall–Kier alpha value is -0.830. The molecular weight excluding hydrogens is 262 g/mol. The quantitative estimate of drug-likeness (QED) is 0.863. The molecular formula is C15H16ClNS. The Morgan fingerprint density at radius 2 is 1.89 bits per heavy atom. The first-order valence-corrected chi connectivity index (χ1v) is 7.48. The summed E-state index contributed by atoms with van der Waals surface area (Å²) < 4.78 is 0.871. The lowest BCUT2D eigenvalue weighted by molar-refractivity contribution is 0.577. The molecule has 18 heavy (non-hydrogen) atoms. The van der Waals surface area contributed by atoms with Crippen molar-refractivity contribution in [3.05, 3.63) is 57.2 Å². The van der Waals surface area contributed by atoms with Crippen LogP contribution in [0.5, 0.6) is 0 Å². The minimum absolute atomic E-state index is 0.391. The summed E-state index contributed by atoms with van der Waals surface area (Å²) in [5.41, 5.74) is 1.86. The fourth-order valence-electron chi connectivity index (χ4n) is 2.38. The Balaban J connectivity index is 1.57. The van der Waals surface area contributed by atoms with E-state index in [-0.39, 0.29) is 0 Å². The number of nitrogens with one attached hydrogen (secondary N) is 1. The van der Waals surface area contributed by atoms with Crippen molar-refractivity contribution < 1.29 is 0 Å². The highest BCUT2D eigenvalue weighted by Gasteiger charge is 2.43. The highest BCUT2D eigenvalue weighted by molar-refractivity contribution is 7.16. The van der Waals surface area contributed by atoms with Gasteiger partial charge in [0.15, 0.2) is 0 Å². The summed E-state index contributed by atoms with van der Waals surface area (Å²) in [6, 6.07) is 14.9. The van der Waals surface area contributed by atoms with Crippen LogP contribution in [0.1, 0.15) is 23.3 Å². The van der Waals surface area contributed by atoms with Crippen LogP contribution in [0, 0.1) is 0 Å². The molecule has 0 atom stereocenters. The molecule has 0 saturated heterocycles. The van der Waals surface area contributed by atoms with Crippen LogP contribution in [0.3, 0.4) is 0 Å². The van der Waals surface area contributed by atoms with Crippen LogP contribution in [0.25, 0.3) is 0 Å². The molecule has 0 bridgehead atoms. The first kappa shape index (κ1) is 12.2. The van der Waals surface area contributed by atoms with Crippen molar-refractivity contribution in [2.75, 3.05) is 6.54 Å². The van der Waals surface area contributed by atoms with Crippen LogP contribution in [-0.4, -0.2) is 6.54 Å². The van der Waals surface area contributed by atoms with Crippen molar-refractivity contribution >= 4 is 22.9 Å². The largest absolute Gasteiger partial charge is 0.311 e. The Labute approximate surface area is 117 Å². The van der Waals surface area contributed by atoms with Crippen LogP contribution in [0.4, 0.5) is 0 Å². The lowest BCUT2D eigenvalue weighted by Crippen LogP contribution is -2.26. The van der Waals surface area contributed by atoms with Gasteiger partial charge in [-0.15, -0.1) is 11.3 Å². The van der Waals surface area contributed by atoms with Crippen molar-refractivity contribution in [2.45, 2.75) is 24.8 Å². The van der Waals surface area contributed by atoms with Gasteiger partial charge in [0, 0.05) is 23.4 Å². The highest BCUT2D eigenvalue weighted by atomic mass is 35.5. The van der Waals surface area contributed by atoms with Gasteiger partial charge in [0.05, 0.1) is 4.34 Å². The van der Waals surface area contributed by atoms with Gasteiger partial charge in [0.1, 0.15) is 0 Å². The standard InChI is InChI=1S/C15H16ClNS/c16-14-7-6-13(18-14)10-17-11-15(8-9-15)12-4-2-1-3-5-12/h1-7,17H,8-11H2. The second-order valence-corrected chi connectivity index (χ2v) is 6.76. The lowest BCUT2D eigenvalue weighted by Gasteiger charge is -2.16. The molecule has 1 aromatic heterocycles. The second-order valence-electron chi connectivity index (χ2n) is 4.96. The Morgan fingerprint density at radius 1 is 1.11 bits per heavy atom. The van der Waals surface area contributed by atoms with Crippen molar-refractivity contribution in [1.82, 2.24) is 5.32 Å². The predicted molar refractivity (Wildman–Crippen MR) is 78.4 cm³/mol. The van der Waals surface area contributed by atoms with Gasteiger partial charge >= 0.3 is 0 Å². The number of rotatable bonds is 5. The minimum atomic E-state index is 0.391. The third-order valence-corrected chi connectivity index (χ3v) is 4.86. The van der Waals surface area contributed by atoms with E-state index in [9.17, 15) is 0 Å². The number of hydrogen-bond acceptors (Lipinski definition) is 2. The Kier molecular flexibility index (Phi) is 3.42. The van der Waals surface area contributed by atoms with Crippen molar-refractivity contribution in [2.24, 2.45) is 0 Å². The maximum Gasteiger partial charge on any atom is 0.0931 e. The first-order valence-electron chi connectivity index (χ1n) is 6.29. The topological polar surface area (TPSA) is 12.0 Å². The zero-order valence-corrected chi connectivity index (χ0v) is 11.7. The molecule has 0 spiro atoms. The molecule has 1 nitrogen and oxygen atoms in total. The van der Waals surface area contributed by atoms with Gasteiger partial charge < -0.3 is 5.32 Å². The van der Waals surface area contributed by atoms with E-state index in [1.165, 1.54) is 23.3 Å². The molecule has 0 aliphatic heterocycles. The fourth-order valence-corrected chi connectivity index (χ4v) is 3.44. The summed E-state index contributed by atoms with van der Waals surface area (Å²) in [6.07, 6.45) is 2.60. The number of thiophene rings is 1. The third-order valence-electron chi connectivity index (χ3n) is 3.63. The predicted octanol–water partition coefficient (Wildman–Crippen LogP) is 4.22. The molecule has 0 amide bonds. The smallest absolute Gasteiger partial charge is 0.0931 e. The molecule has 3 rings (SSSR count). The van der Waals surface area contributed by atoms with E-state index < -0.39 is 0 Å². The molecule has 1 N–H and O–H groups in total. The molecule has 0 unspecified atom stereocenters. The Bertz CT molecular complexity index is 516. The van der Waals surface area contributed by atoms with Gasteiger partial charge in [0.25, 0.3) is 0 Å². The van der Waals surface area contributed by atoms with Gasteiger partial charge in [-0.05, 0) is 30.5 Å². The van der Waals surface area contributed by atoms with Crippen LogP contribution in [0.15, 0.2) is 42.5 Å². The molecule has 3 heteroatoms. The highest BCUT2D eigenvalue weighted by Crippen LogP contribution is 2.47. The zero-order chi connectivity index (χ0) is 12.4. The monoisotopic (exact) mass is 277 g/mol. The molecule has 1 saturated carbocycles. The SMILES string of the molecule is Clc1ccc(CNCC2(c3ccccc3)CC2)s1. The van der Waals surface area contributed by atoms with Gasteiger partial charge in [-0.2, -0.15) is 0 Å². The van der Waals surface area contributed by atoms with Crippen LogP contribution < -0.4 is 5.32 Å². The number of halogens is 1. The number of hydrogen-bond donors (Lipinski definition) is 1.